The Morgan fingerprint density at radius 1 is 1.32 bits per heavy atom. The van der Waals surface area contributed by atoms with Crippen LogP contribution in [-0.4, -0.2) is 10.5 Å². The van der Waals surface area contributed by atoms with Crippen molar-refractivity contribution in [1.82, 2.24) is 4.57 Å². The quantitative estimate of drug-likeness (QED) is 0.916. The number of nitrogens with one attached hydrogen (secondary N) is 1. The van der Waals surface area contributed by atoms with E-state index in [0.29, 0.717) is 11.3 Å². The first kappa shape index (κ1) is 13.0. The largest absolute Gasteiger partial charge is 0.324 e. The summed E-state index contributed by atoms with van der Waals surface area (Å²) >= 11 is 0. The molecule has 0 saturated carbocycles. The zero-order chi connectivity index (χ0) is 13.8. The van der Waals surface area contributed by atoms with Gasteiger partial charge >= 0.3 is 0 Å². The molecule has 19 heavy (non-hydrogen) atoms. The van der Waals surface area contributed by atoms with Gasteiger partial charge in [0.2, 0.25) is 5.91 Å². The number of rotatable bonds is 3. The molecule has 1 N–H and O–H groups in total. The van der Waals surface area contributed by atoms with Crippen LogP contribution in [0.2, 0.25) is 0 Å². The maximum atomic E-state index is 12.9. The molecule has 1 heterocycles. The number of carbonyl (C=O) groups excluding carboxylic acids is 1. The number of carbonyl (C=O) groups is 1. The van der Waals surface area contributed by atoms with Crippen molar-refractivity contribution in [3.8, 4) is 0 Å². The molecule has 0 fully saturated rings. The molecule has 2 rings (SSSR count). The second-order valence-electron chi connectivity index (χ2n) is 4.17. The normalized spacial score (nSPS) is 10.2. The summed E-state index contributed by atoms with van der Waals surface area (Å²) in [7, 11) is 0. The van der Waals surface area contributed by atoms with Crippen LogP contribution >= 0.6 is 0 Å². The van der Waals surface area contributed by atoms with Crippen LogP contribution in [0.4, 0.5) is 10.1 Å². The molecule has 1 amide bonds. The number of hydrogen-bond donors (Lipinski definition) is 1. The number of pyridine rings is 1. The minimum absolute atomic E-state index is 0.0729. The minimum Gasteiger partial charge on any atom is -0.324 e. The second-order valence-corrected chi connectivity index (χ2v) is 4.17. The Kier molecular flexibility index (Phi) is 3.75. The van der Waals surface area contributed by atoms with Gasteiger partial charge < -0.3 is 9.88 Å². The maximum Gasteiger partial charge on any atom is 0.250 e. The molecule has 4 nitrogen and oxygen atoms in total. The van der Waals surface area contributed by atoms with E-state index in [-0.39, 0.29) is 23.8 Å². The standard InChI is InChI=1S/C14H13FN2O2/c1-10-8-11(15)5-6-12(10)16-13(18)9-17-7-3-2-4-14(17)19/h2-8H,9H2,1H3,(H,16,18). The van der Waals surface area contributed by atoms with Gasteiger partial charge in [0.1, 0.15) is 12.4 Å². The third kappa shape index (κ3) is 3.28. The average Bonchev–Trinajstić information content (AvgIpc) is 2.36. The molecule has 98 valence electrons. The highest BCUT2D eigenvalue weighted by atomic mass is 19.1. The SMILES string of the molecule is Cc1cc(F)ccc1NC(=O)Cn1ccccc1=O. The number of aromatic nitrogens is 1. The number of amides is 1. The van der Waals surface area contributed by atoms with E-state index in [1.54, 1.807) is 25.3 Å². The molecule has 0 radical (unpaired) electrons. The number of nitrogens with zero attached hydrogens (tertiary/aromatic N) is 1. The summed E-state index contributed by atoms with van der Waals surface area (Å²) in [5, 5.41) is 2.65. The number of aryl methyl sites for hydroxylation is 1. The molecule has 0 aliphatic carbocycles. The van der Waals surface area contributed by atoms with E-state index in [2.05, 4.69) is 5.32 Å². The summed E-state index contributed by atoms with van der Waals surface area (Å²) < 4.78 is 14.2. The molecule has 1 aromatic heterocycles. The van der Waals surface area contributed by atoms with Gasteiger partial charge in [0.15, 0.2) is 0 Å². The fourth-order valence-corrected chi connectivity index (χ4v) is 1.70. The van der Waals surface area contributed by atoms with Crippen molar-refractivity contribution in [1.29, 1.82) is 0 Å². The number of benzene rings is 1. The Morgan fingerprint density at radius 2 is 2.11 bits per heavy atom. The van der Waals surface area contributed by atoms with Crippen molar-refractivity contribution in [2.45, 2.75) is 13.5 Å². The van der Waals surface area contributed by atoms with E-state index >= 15 is 0 Å². The molecule has 1 aromatic carbocycles. The van der Waals surface area contributed by atoms with Crippen LogP contribution in [0.15, 0.2) is 47.4 Å². The molecule has 2 aromatic rings. The summed E-state index contributed by atoms with van der Waals surface area (Å²) in [5.74, 6) is -0.683. The van der Waals surface area contributed by atoms with Crippen LogP contribution in [0.1, 0.15) is 5.56 Å². The monoisotopic (exact) mass is 260 g/mol. The Bertz CT molecular complexity index is 664. The van der Waals surface area contributed by atoms with Crippen LogP contribution in [0.3, 0.4) is 0 Å². The summed E-state index contributed by atoms with van der Waals surface area (Å²) in [4.78, 5) is 23.3. The first-order chi connectivity index (χ1) is 9.06. The summed E-state index contributed by atoms with van der Waals surface area (Å²) in [6, 6.07) is 8.78. The van der Waals surface area contributed by atoms with Gasteiger partial charge in [-0.25, -0.2) is 4.39 Å². The zero-order valence-corrected chi connectivity index (χ0v) is 10.4. The second kappa shape index (κ2) is 5.48. The molecule has 0 aliphatic heterocycles. The van der Waals surface area contributed by atoms with Gasteiger partial charge in [-0.1, -0.05) is 6.07 Å². The summed E-state index contributed by atoms with van der Waals surface area (Å²) in [5.41, 5.74) is 0.928. The zero-order valence-electron chi connectivity index (χ0n) is 10.4. The highest BCUT2D eigenvalue weighted by Gasteiger charge is 2.06. The van der Waals surface area contributed by atoms with Crippen molar-refractivity contribution >= 4 is 11.6 Å². The molecule has 5 heteroatoms. The van der Waals surface area contributed by atoms with Crippen LogP contribution in [0, 0.1) is 12.7 Å². The summed E-state index contributed by atoms with van der Waals surface area (Å²) in [6.45, 7) is 1.63. The number of hydrogen-bond acceptors (Lipinski definition) is 2. The lowest BCUT2D eigenvalue weighted by atomic mass is 10.2. The molecule has 0 saturated heterocycles. The minimum atomic E-state index is -0.352. The third-order valence-corrected chi connectivity index (χ3v) is 2.68. The molecular weight excluding hydrogens is 247 g/mol. The van der Waals surface area contributed by atoms with E-state index in [0.717, 1.165) is 0 Å². The maximum absolute atomic E-state index is 12.9. The van der Waals surface area contributed by atoms with Gasteiger partial charge in [-0.2, -0.15) is 0 Å². The fraction of sp³-hybridized carbons (Fsp3) is 0.143. The van der Waals surface area contributed by atoms with Gasteiger partial charge in [0.25, 0.3) is 5.56 Å². The predicted octanol–water partition coefficient (Wildman–Crippen LogP) is 1.93. The van der Waals surface area contributed by atoms with Crippen molar-refractivity contribution in [2.75, 3.05) is 5.32 Å². The molecular formula is C14H13FN2O2. The Balaban J connectivity index is 2.10. The lowest BCUT2D eigenvalue weighted by Gasteiger charge is -2.09. The molecule has 0 aliphatic rings. The topological polar surface area (TPSA) is 51.1 Å². The Morgan fingerprint density at radius 3 is 2.79 bits per heavy atom. The fourth-order valence-electron chi connectivity index (χ4n) is 1.70. The highest BCUT2D eigenvalue weighted by molar-refractivity contribution is 5.91. The van der Waals surface area contributed by atoms with E-state index < -0.39 is 0 Å². The van der Waals surface area contributed by atoms with Crippen molar-refractivity contribution in [2.24, 2.45) is 0 Å². The molecule has 0 unspecified atom stereocenters. The van der Waals surface area contributed by atoms with Crippen LogP contribution in [-0.2, 0) is 11.3 Å². The lowest BCUT2D eigenvalue weighted by Crippen LogP contribution is -2.26. The first-order valence-corrected chi connectivity index (χ1v) is 5.78. The Labute approximate surface area is 109 Å². The van der Waals surface area contributed by atoms with Crippen molar-refractivity contribution in [3.05, 3.63) is 64.3 Å². The van der Waals surface area contributed by atoms with E-state index in [4.69, 9.17) is 0 Å². The van der Waals surface area contributed by atoms with Gasteiger partial charge in [-0.3, -0.25) is 9.59 Å². The van der Waals surface area contributed by atoms with Gasteiger partial charge in [0.05, 0.1) is 0 Å². The molecule has 0 spiro atoms. The Hall–Kier alpha value is -2.43. The third-order valence-electron chi connectivity index (χ3n) is 2.68. The van der Waals surface area contributed by atoms with E-state index in [1.807, 2.05) is 0 Å². The lowest BCUT2D eigenvalue weighted by molar-refractivity contribution is -0.116. The molecule has 0 atom stereocenters. The highest BCUT2D eigenvalue weighted by Crippen LogP contribution is 2.15. The first-order valence-electron chi connectivity index (χ1n) is 5.78. The van der Waals surface area contributed by atoms with Gasteiger partial charge in [0, 0.05) is 18.0 Å². The van der Waals surface area contributed by atoms with Crippen molar-refractivity contribution in [3.63, 3.8) is 0 Å². The van der Waals surface area contributed by atoms with Gasteiger partial charge in [-0.05, 0) is 36.8 Å². The van der Waals surface area contributed by atoms with Crippen LogP contribution in [0.5, 0.6) is 0 Å². The van der Waals surface area contributed by atoms with E-state index in [9.17, 15) is 14.0 Å². The van der Waals surface area contributed by atoms with Crippen LogP contribution in [0.25, 0.3) is 0 Å². The van der Waals surface area contributed by atoms with E-state index in [1.165, 1.54) is 28.8 Å². The van der Waals surface area contributed by atoms with Crippen molar-refractivity contribution < 1.29 is 9.18 Å². The summed E-state index contributed by atoms with van der Waals surface area (Å²) in [6.07, 6.45) is 1.54. The smallest absolute Gasteiger partial charge is 0.250 e. The molecule has 0 bridgehead atoms. The van der Waals surface area contributed by atoms with Gasteiger partial charge in [-0.15, -0.1) is 0 Å². The number of anilines is 1. The average molecular weight is 260 g/mol. The van der Waals surface area contributed by atoms with Crippen LogP contribution < -0.4 is 10.9 Å². The predicted molar refractivity (Wildman–Crippen MR) is 70.5 cm³/mol. The number of halogens is 1.